The summed E-state index contributed by atoms with van der Waals surface area (Å²) in [6, 6.07) is 3.71. The van der Waals surface area contributed by atoms with Crippen LogP contribution in [0.15, 0.2) is 60.2 Å². The molecule has 2 rings (SSSR count). The van der Waals surface area contributed by atoms with Gasteiger partial charge >= 0.3 is 0 Å². The molecule has 20 heavy (non-hydrogen) atoms. The van der Waals surface area contributed by atoms with E-state index in [0.29, 0.717) is 0 Å². The number of hydrogen-bond donors (Lipinski definition) is 1. The number of amides is 1. The molecule has 0 saturated carbocycles. The zero-order chi connectivity index (χ0) is 14.8. The molecule has 0 radical (unpaired) electrons. The molecule has 1 aromatic rings. The van der Waals surface area contributed by atoms with Crippen LogP contribution in [0.25, 0.3) is 0 Å². The number of nitrogens with zero attached hydrogens (tertiary/aromatic N) is 1. The van der Waals surface area contributed by atoms with E-state index < -0.39 is 0 Å². The van der Waals surface area contributed by atoms with Crippen LogP contribution in [0.5, 0.6) is 5.75 Å². The minimum absolute atomic E-state index is 0.00463. The highest BCUT2D eigenvalue weighted by Gasteiger charge is 2.01. The highest BCUT2D eigenvalue weighted by molar-refractivity contribution is 5.72. The van der Waals surface area contributed by atoms with E-state index in [9.17, 15) is 4.79 Å². The third-order valence-electron chi connectivity index (χ3n) is 2.45. The maximum Gasteiger partial charge on any atom is 0.216 e. The SMILES string of the molecule is CC1=CC=CCC(Oc2ccncc2)=C1.CNC(C)=O. The van der Waals surface area contributed by atoms with Crippen molar-refractivity contribution in [1.82, 2.24) is 10.3 Å². The third kappa shape index (κ3) is 6.54. The normalized spacial score (nSPS) is 13.2. The average Bonchev–Trinajstić information content (AvgIpc) is 2.65. The lowest BCUT2D eigenvalue weighted by atomic mass is 10.2. The molecule has 0 fully saturated rings. The predicted octanol–water partition coefficient (Wildman–Crippen LogP) is 3.00. The molecule has 0 spiro atoms. The second-order valence-corrected chi connectivity index (χ2v) is 4.24. The first-order valence-electron chi connectivity index (χ1n) is 6.42. The van der Waals surface area contributed by atoms with Crippen molar-refractivity contribution in [3.05, 3.63) is 60.2 Å². The van der Waals surface area contributed by atoms with E-state index in [-0.39, 0.29) is 5.91 Å². The number of carbonyl (C=O) groups is 1. The van der Waals surface area contributed by atoms with Crippen LogP contribution in [0, 0.1) is 0 Å². The van der Waals surface area contributed by atoms with Gasteiger partial charge in [-0.1, -0.05) is 18.2 Å². The van der Waals surface area contributed by atoms with Gasteiger partial charge in [0.25, 0.3) is 0 Å². The van der Waals surface area contributed by atoms with Crippen LogP contribution >= 0.6 is 0 Å². The van der Waals surface area contributed by atoms with Gasteiger partial charge in [-0.2, -0.15) is 0 Å². The summed E-state index contributed by atoms with van der Waals surface area (Å²) in [5.74, 6) is 1.80. The van der Waals surface area contributed by atoms with Gasteiger partial charge in [-0.25, -0.2) is 0 Å². The molecule has 0 aromatic carbocycles. The third-order valence-corrected chi connectivity index (χ3v) is 2.45. The van der Waals surface area contributed by atoms with Gasteiger partial charge in [0.05, 0.1) is 0 Å². The van der Waals surface area contributed by atoms with Crippen LogP contribution in [0.1, 0.15) is 20.3 Å². The maximum absolute atomic E-state index is 9.70. The number of aromatic nitrogens is 1. The molecule has 4 heteroatoms. The largest absolute Gasteiger partial charge is 0.461 e. The molecule has 0 aliphatic heterocycles. The number of pyridine rings is 1. The van der Waals surface area contributed by atoms with Crippen molar-refractivity contribution in [2.24, 2.45) is 0 Å². The Hall–Kier alpha value is -2.36. The van der Waals surface area contributed by atoms with E-state index in [1.165, 1.54) is 12.5 Å². The van der Waals surface area contributed by atoms with Crippen LogP contribution in [-0.2, 0) is 4.79 Å². The Balaban J connectivity index is 0.000000347. The minimum atomic E-state index is 0.00463. The Morgan fingerprint density at radius 3 is 2.60 bits per heavy atom. The highest BCUT2D eigenvalue weighted by atomic mass is 16.5. The number of allylic oxidation sites excluding steroid dienone is 5. The Labute approximate surface area is 119 Å². The fourth-order valence-electron chi connectivity index (χ4n) is 1.39. The molecule has 1 aliphatic rings. The Bertz CT molecular complexity index is 517. The topological polar surface area (TPSA) is 51.2 Å². The number of nitrogens with one attached hydrogen (secondary N) is 1. The molecular weight excluding hydrogens is 252 g/mol. The lowest BCUT2D eigenvalue weighted by Crippen LogP contribution is -2.11. The Morgan fingerprint density at radius 2 is 2.00 bits per heavy atom. The van der Waals surface area contributed by atoms with Gasteiger partial charge in [-0.15, -0.1) is 0 Å². The average molecular weight is 272 g/mol. The molecule has 1 heterocycles. The number of carbonyl (C=O) groups excluding carboxylic acids is 1. The van der Waals surface area contributed by atoms with Gasteiger partial charge in [0.2, 0.25) is 5.91 Å². The first kappa shape index (κ1) is 15.7. The summed E-state index contributed by atoms with van der Waals surface area (Å²) in [5, 5.41) is 2.39. The summed E-state index contributed by atoms with van der Waals surface area (Å²) >= 11 is 0. The number of ether oxygens (including phenoxy) is 1. The van der Waals surface area contributed by atoms with Crippen LogP contribution in [0.4, 0.5) is 0 Å². The van der Waals surface area contributed by atoms with Crippen LogP contribution in [0.3, 0.4) is 0 Å². The quantitative estimate of drug-likeness (QED) is 0.900. The molecule has 0 unspecified atom stereocenters. The molecule has 4 nitrogen and oxygen atoms in total. The van der Waals surface area contributed by atoms with Crippen molar-refractivity contribution in [2.75, 3.05) is 7.05 Å². The Morgan fingerprint density at radius 1 is 1.35 bits per heavy atom. The second kappa shape index (κ2) is 8.69. The van der Waals surface area contributed by atoms with E-state index >= 15 is 0 Å². The molecule has 0 atom stereocenters. The van der Waals surface area contributed by atoms with Gasteiger partial charge in [-0.05, 0) is 30.7 Å². The van der Waals surface area contributed by atoms with Crippen molar-refractivity contribution >= 4 is 5.91 Å². The first-order chi connectivity index (χ1) is 9.61. The Kier molecular flexibility index (Phi) is 6.82. The van der Waals surface area contributed by atoms with Gasteiger partial charge in [-0.3, -0.25) is 9.78 Å². The lowest BCUT2D eigenvalue weighted by Gasteiger charge is -2.07. The van der Waals surface area contributed by atoms with Crippen molar-refractivity contribution < 1.29 is 9.53 Å². The molecular formula is C16H20N2O2. The van der Waals surface area contributed by atoms with Crippen LogP contribution < -0.4 is 10.1 Å². The molecule has 1 amide bonds. The number of rotatable bonds is 2. The summed E-state index contributed by atoms with van der Waals surface area (Å²) in [6.45, 7) is 3.53. The summed E-state index contributed by atoms with van der Waals surface area (Å²) in [5.41, 5.74) is 1.20. The van der Waals surface area contributed by atoms with Crippen LogP contribution in [0.2, 0.25) is 0 Å². The lowest BCUT2D eigenvalue weighted by molar-refractivity contribution is -0.118. The maximum atomic E-state index is 9.70. The van der Waals surface area contributed by atoms with Gasteiger partial charge in [0, 0.05) is 32.8 Å². The van der Waals surface area contributed by atoms with Crippen molar-refractivity contribution in [2.45, 2.75) is 20.3 Å². The molecule has 1 aliphatic carbocycles. The van der Waals surface area contributed by atoms with E-state index in [4.69, 9.17) is 4.74 Å². The van der Waals surface area contributed by atoms with Crippen molar-refractivity contribution in [3.63, 3.8) is 0 Å². The van der Waals surface area contributed by atoms with E-state index in [1.54, 1.807) is 19.4 Å². The molecule has 0 saturated heterocycles. The van der Waals surface area contributed by atoms with Crippen molar-refractivity contribution in [1.29, 1.82) is 0 Å². The predicted molar refractivity (Wildman–Crippen MR) is 80.2 cm³/mol. The minimum Gasteiger partial charge on any atom is -0.461 e. The fourth-order valence-corrected chi connectivity index (χ4v) is 1.39. The molecule has 106 valence electrons. The zero-order valence-corrected chi connectivity index (χ0v) is 12.1. The second-order valence-electron chi connectivity index (χ2n) is 4.24. The van der Waals surface area contributed by atoms with Gasteiger partial charge in [0.15, 0.2) is 0 Å². The van der Waals surface area contributed by atoms with E-state index in [1.807, 2.05) is 12.1 Å². The first-order valence-corrected chi connectivity index (χ1v) is 6.42. The standard InChI is InChI=1S/C13H13NO.C3H7NO/c1-11-4-2-3-5-13(10-11)15-12-6-8-14-9-7-12;1-3(5)4-2/h2-4,6-10H,5H2,1H3;1-2H3,(H,4,5). The molecule has 1 aromatic heterocycles. The highest BCUT2D eigenvalue weighted by Crippen LogP contribution is 2.17. The van der Waals surface area contributed by atoms with Gasteiger partial charge in [0.1, 0.15) is 11.5 Å². The summed E-state index contributed by atoms with van der Waals surface area (Å²) in [4.78, 5) is 13.6. The number of hydrogen-bond acceptors (Lipinski definition) is 3. The summed E-state index contributed by atoms with van der Waals surface area (Å²) in [6.07, 6.45) is 12.5. The molecule has 0 bridgehead atoms. The van der Waals surface area contributed by atoms with Gasteiger partial charge < -0.3 is 10.1 Å². The van der Waals surface area contributed by atoms with Crippen LogP contribution in [-0.4, -0.2) is 17.9 Å². The molecule has 1 N–H and O–H groups in total. The van der Waals surface area contributed by atoms with E-state index in [0.717, 1.165) is 17.9 Å². The van der Waals surface area contributed by atoms with Crippen molar-refractivity contribution in [3.8, 4) is 5.75 Å². The monoisotopic (exact) mass is 272 g/mol. The summed E-state index contributed by atoms with van der Waals surface area (Å²) < 4.78 is 5.73. The van der Waals surface area contributed by atoms with E-state index in [2.05, 4.69) is 41.5 Å². The fraction of sp³-hybridized carbons (Fsp3) is 0.250. The summed E-state index contributed by atoms with van der Waals surface area (Å²) in [7, 11) is 1.60. The smallest absolute Gasteiger partial charge is 0.216 e. The zero-order valence-electron chi connectivity index (χ0n) is 12.1.